The first-order chi connectivity index (χ1) is 12.1. The number of piperidine rings is 1. The number of carbonyl (C=O) groups excluding carboxylic acids is 1. The summed E-state index contributed by atoms with van der Waals surface area (Å²) in [7, 11) is 0. The number of para-hydroxylation sites is 1. The third-order valence-electron chi connectivity index (χ3n) is 6.04. The number of hydrogen-bond acceptors (Lipinski definition) is 4. The van der Waals surface area contributed by atoms with Gasteiger partial charge in [-0.3, -0.25) is 9.69 Å². The third-order valence-corrected chi connectivity index (χ3v) is 6.04. The zero-order valence-electron chi connectivity index (χ0n) is 14.5. The molecule has 2 heterocycles. The Labute approximate surface area is 148 Å². The quantitative estimate of drug-likeness (QED) is 0.892. The van der Waals surface area contributed by atoms with Crippen molar-refractivity contribution in [3.63, 3.8) is 0 Å². The Bertz CT molecular complexity index is 619. The molecule has 3 fully saturated rings. The Morgan fingerprint density at radius 1 is 1.08 bits per heavy atom. The fourth-order valence-corrected chi connectivity index (χ4v) is 4.62. The molecule has 4 rings (SSSR count). The Morgan fingerprint density at radius 3 is 2.36 bits per heavy atom. The van der Waals surface area contributed by atoms with Crippen LogP contribution in [0.25, 0.3) is 0 Å². The van der Waals surface area contributed by atoms with Gasteiger partial charge in [0.2, 0.25) is 5.91 Å². The summed E-state index contributed by atoms with van der Waals surface area (Å²) in [5, 5.41) is 10.1. The second-order valence-electron chi connectivity index (χ2n) is 7.60. The van der Waals surface area contributed by atoms with E-state index in [1.807, 2.05) is 15.9 Å². The van der Waals surface area contributed by atoms with Crippen LogP contribution in [0, 0.1) is 17.7 Å². The van der Waals surface area contributed by atoms with Gasteiger partial charge in [0.15, 0.2) is 0 Å². The van der Waals surface area contributed by atoms with Crippen LogP contribution >= 0.6 is 0 Å². The SMILES string of the molecule is O=C(CN1CC2CCC(C1)C2O)N1CCN(c2ccccc2F)CC1. The number of rotatable bonds is 3. The monoisotopic (exact) mass is 347 g/mol. The van der Waals surface area contributed by atoms with Gasteiger partial charge < -0.3 is 14.9 Å². The highest BCUT2D eigenvalue weighted by atomic mass is 19.1. The molecule has 5 nitrogen and oxygen atoms in total. The number of aliphatic hydroxyl groups excluding tert-OH is 1. The van der Waals surface area contributed by atoms with Gasteiger partial charge in [-0.2, -0.15) is 0 Å². The molecule has 1 saturated carbocycles. The number of aliphatic hydroxyl groups is 1. The van der Waals surface area contributed by atoms with Gasteiger partial charge in [0, 0.05) is 39.3 Å². The molecule has 6 heteroatoms. The maximum absolute atomic E-state index is 13.9. The molecule has 0 aromatic heterocycles. The molecule has 1 aliphatic carbocycles. The molecule has 2 aliphatic heterocycles. The van der Waals surface area contributed by atoms with Gasteiger partial charge in [0.1, 0.15) is 5.82 Å². The number of hydrogen-bond donors (Lipinski definition) is 1. The summed E-state index contributed by atoms with van der Waals surface area (Å²) in [6.45, 7) is 4.71. The van der Waals surface area contributed by atoms with Crippen molar-refractivity contribution in [3.8, 4) is 0 Å². The fourth-order valence-electron chi connectivity index (χ4n) is 4.62. The number of fused-ring (bicyclic) bond motifs is 2. The summed E-state index contributed by atoms with van der Waals surface area (Å²) in [5.74, 6) is 0.627. The molecule has 2 atom stereocenters. The van der Waals surface area contributed by atoms with Gasteiger partial charge in [0.05, 0.1) is 18.3 Å². The lowest BCUT2D eigenvalue weighted by Gasteiger charge is -2.39. The van der Waals surface area contributed by atoms with Crippen LogP contribution in [0.5, 0.6) is 0 Å². The number of carbonyl (C=O) groups is 1. The lowest BCUT2D eigenvalue weighted by atomic mass is 9.95. The highest BCUT2D eigenvalue weighted by Crippen LogP contribution is 2.36. The molecular weight excluding hydrogens is 321 g/mol. The molecule has 2 bridgehead atoms. The van der Waals surface area contributed by atoms with Crippen molar-refractivity contribution in [3.05, 3.63) is 30.1 Å². The van der Waals surface area contributed by atoms with Crippen molar-refractivity contribution in [1.82, 2.24) is 9.80 Å². The van der Waals surface area contributed by atoms with Crippen molar-refractivity contribution >= 4 is 11.6 Å². The van der Waals surface area contributed by atoms with E-state index in [1.54, 1.807) is 12.1 Å². The summed E-state index contributed by atoms with van der Waals surface area (Å²) in [6.07, 6.45) is 1.99. The van der Waals surface area contributed by atoms with Gasteiger partial charge in [-0.05, 0) is 36.8 Å². The first kappa shape index (κ1) is 16.8. The topological polar surface area (TPSA) is 47.0 Å². The molecule has 1 N–H and O–H groups in total. The molecule has 25 heavy (non-hydrogen) atoms. The summed E-state index contributed by atoms with van der Waals surface area (Å²) in [6, 6.07) is 6.81. The predicted molar refractivity (Wildman–Crippen MR) is 93.9 cm³/mol. The Morgan fingerprint density at radius 2 is 1.72 bits per heavy atom. The number of nitrogens with zero attached hydrogens (tertiary/aromatic N) is 3. The number of likely N-dealkylation sites (tertiary alicyclic amines) is 1. The molecular formula is C19H26FN3O2. The first-order valence-corrected chi connectivity index (χ1v) is 9.29. The van der Waals surface area contributed by atoms with Crippen LogP contribution in [0.15, 0.2) is 24.3 Å². The van der Waals surface area contributed by atoms with E-state index in [4.69, 9.17) is 0 Å². The van der Waals surface area contributed by atoms with Crippen molar-refractivity contribution < 1.29 is 14.3 Å². The maximum atomic E-state index is 13.9. The lowest BCUT2D eigenvalue weighted by molar-refractivity contribution is -0.133. The standard InChI is InChI=1S/C19H26FN3O2/c20-16-3-1-2-4-17(16)22-7-9-23(10-8-22)18(24)13-21-11-14-5-6-15(12-21)19(14)25/h1-4,14-15,19,25H,5-13H2. The van der Waals surface area contributed by atoms with E-state index in [1.165, 1.54) is 6.07 Å². The van der Waals surface area contributed by atoms with Gasteiger partial charge in [-0.25, -0.2) is 4.39 Å². The fraction of sp³-hybridized carbons (Fsp3) is 0.632. The average molecular weight is 347 g/mol. The van der Waals surface area contributed by atoms with E-state index in [-0.39, 0.29) is 17.8 Å². The molecule has 3 aliphatic rings. The van der Waals surface area contributed by atoms with Crippen LogP contribution in [-0.4, -0.2) is 72.7 Å². The van der Waals surface area contributed by atoms with Gasteiger partial charge in [0.25, 0.3) is 0 Å². The lowest BCUT2D eigenvalue weighted by Crippen LogP contribution is -2.53. The summed E-state index contributed by atoms with van der Waals surface area (Å²) >= 11 is 0. The van der Waals surface area contributed by atoms with E-state index in [0.29, 0.717) is 50.2 Å². The number of benzene rings is 1. The second kappa shape index (κ2) is 6.92. The molecule has 1 aromatic carbocycles. The Balaban J connectivity index is 1.29. The van der Waals surface area contributed by atoms with Crippen LogP contribution < -0.4 is 4.90 Å². The molecule has 1 amide bonds. The zero-order chi connectivity index (χ0) is 17.4. The Hall–Kier alpha value is -1.66. The molecule has 0 radical (unpaired) electrons. The third kappa shape index (κ3) is 3.37. The van der Waals surface area contributed by atoms with Crippen molar-refractivity contribution in [2.45, 2.75) is 18.9 Å². The highest BCUT2D eigenvalue weighted by Gasteiger charge is 2.41. The van der Waals surface area contributed by atoms with E-state index in [2.05, 4.69) is 4.90 Å². The minimum atomic E-state index is -0.204. The van der Waals surface area contributed by atoms with Crippen LogP contribution in [0.4, 0.5) is 10.1 Å². The van der Waals surface area contributed by atoms with Crippen LogP contribution in [-0.2, 0) is 4.79 Å². The minimum absolute atomic E-state index is 0.156. The molecule has 136 valence electrons. The van der Waals surface area contributed by atoms with Crippen molar-refractivity contribution in [2.24, 2.45) is 11.8 Å². The number of halogens is 1. The van der Waals surface area contributed by atoms with Gasteiger partial charge >= 0.3 is 0 Å². The van der Waals surface area contributed by atoms with Crippen molar-refractivity contribution in [1.29, 1.82) is 0 Å². The van der Waals surface area contributed by atoms with Gasteiger partial charge in [-0.15, -0.1) is 0 Å². The predicted octanol–water partition coefficient (Wildman–Crippen LogP) is 1.18. The summed E-state index contributed by atoms with van der Waals surface area (Å²) in [5.41, 5.74) is 0.621. The maximum Gasteiger partial charge on any atom is 0.236 e. The first-order valence-electron chi connectivity index (χ1n) is 9.29. The minimum Gasteiger partial charge on any atom is -0.392 e. The van der Waals surface area contributed by atoms with E-state index < -0.39 is 0 Å². The summed E-state index contributed by atoms with van der Waals surface area (Å²) in [4.78, 5) is 18.7. The van der Waals surface area contributed by atoms with Crippen molar-refractivity contribution in [2.75, 3.05) is 50.7 Å². The zero-order valence-corrected chi connectivity index (χ0v) is 14.5. The van der Waals surface area contributed by atoms with E-state index >= 15 is 0 Å². The van der Waals surface area contributed by atoms with Crippen LogP contribution in [0.1, 0.15) is 12.8 Å². The second-order valence-corrected chi connectivity index (χ2v) is 7.60. The highest BCUT2D eigenvalue weighted by molar-refractivity contribution is 5.78. The number of anilines is 1. The molecule has 0 spiro atoms. The number of amides is 1. The average Bonchev–Trinajstić information content (AvgIpc) is 2.83. The summed E-state index contributed by atoms with van der Waals surface area (Å²) < 4.78 is 13.9. The molecule has 2 unspecified atom stereocenters. The van der Waals surface area contributed by atoms with Gasteiger partial charge in [-0.1, -0.05) is 12.1 Å². The molecule has 2 saturated heterocycles. The molecule has 1 aromatic rings. The Kier molecular flexibility index (Phi) is 4.65. The van der Waals surface area contributed by atoms with E-state index in [0.717, 1.165) is 25.9 Å². The largest absolute Gasteiger partial charge is 0.392 e. The van der Waals surface area contributed by atoms with Crippen LogP contribution in [0.2, 0.25) is 0 Å². The number of piperazine rings is 1. The normalized spacial score (nSPS) is 29.9. The smallest absolute Gasteiger partial charge is 0.236 e. The van der Waals surface area contributed by atoms with E-state index in [9.17, 15) is 14.3 Å². The van der Waals surface area contributed by atoms with Crippen LogP contribution in [0.3, 0.4) is 0 Å².